The predicted molar refractivity (Wildman–Crippen MR) is 65.0 cm³/mol. The van der Waals surface area contributed by atoms with Crippen molar-refractivity contribution in [3.05, 3.63) is 44.0 Å². The molecule has 0 saturated carbocycles. The van der Waals surface area contributed by atoms with Gasteiger partial charge in [-0.3, -0.25) is 10.1 Å². The van der Waals surface area contributed by atoms with Gasteiger partial charge in [0.15, 0.2) is 5.03 Å². The van der Waals surface area contributed by atoms with Gasteiger partial charge in [-0.05, 0) is 25.0 Å². The highest BCUT2D eigenvalue weighted by atomic mass is 16.7. The van der Waals surface area contributed by atoms with Crippen LogP contribution in [0.5, 0.6) is 0 Å². The van der Waals surface area contributed by atoms with Gasteiger partial charge in [-0.25, -0.2) is 10.1 Å². The molecule has 18 heavy (non-hydrogen) atoms. The molecule has 1 aliphatic heterocycles. The van der Waals surface area contributed by atoms with E-state index in [0.29, 0.717) is 18.5 Å². The standard InChI is InChI=1S/C11H13N3O4/c1-3-11(2)7-8-4-5-9(13(15)16)6-10(8)12(11)14(17)18/h4-6H,3,7H2,1-2H3. The van der Waals surface area contributed by atoms with Crippen LogP contribution in [0.1, 0.15) is 25.8 Å². The van der Waals surface area contributed by atoms with E-state index in [1.54, 1.807) is 13.0 Å². The van der Waals surface area contributed by atoms with Crippen molar-refractivity contribution in [2.24, 2.45) is 0 Å². The maximum absolute atomic E-state index is 11.2. The molecule has 0 amide bonds. The zero-order valence-corrected chi connectivity index (χ0v) is 10.1. The van der Waals surface area contributed by atoms with Gasteiger partial charge in [0, 0.05) is 18.6 Å². The summed E-state index contributed by atoms with van der Waals surface area (Å²) >= 11 is 0. The highest BCUT2D eigenvalue weighted by Gasteiger charge is 2.46. The van der Waals surface area contributed by atoms with Crippen LogP contribution in [0.25, 0.3) is 0 Å². The minimum absolute atomic E-state index is 0.124. The number of nitro groups is 2. The molecule has 1 aromatic rings. The molecular weight excluding hydrogens is 238 g/mol. The van der Waals surface area contributed by atoms with Gasteiger partial charge < -0.3 is 0 Å². The van der Waals surface area contributed by atoms with E-state index in [2.05, 4.69) is 0 Å². The van der Waals surface area contributed by atoms with Gasteiger partial charge in [0.25, 0.3) is 5.69 Å². The van der Waals surface area contributed by atoms with E-state index in [1.807, 2.05) is 6.92 Å². The molecule has 0 spiro atoms. The Labute approximate surface area is 103 Å². The molecule has 7 nitrogen and oxygen atoms in total. The fourth-order valence-corrected chi connectivity index (χ4v) is 2.35. The monoisotopic (exact) mass is 251 g/mol. The Morgan fingerprint density at radius 3 is 2.56 bits per heavy atom. The minimum Gasteiger partial charge on any atom is -0.258 e. The lowest BCUT2D eigenvalue weighted by Gasteiger charge is -2.26. The summed E-state index contributed by atoms with van der Waals surface area (Å²) in [5.74, 6) is 0. The van der Waals surface area contributed by atoms with Crippen molar-refractivity contribution in [1.29, 1.82) is 0 Å². The summed E-state index contributed by atoms with van der Waals surface area (Å²) in [6.07, 6.45) is 1.12. The van der Waals surface area contributed by atoms with Gasteiger partial charge >= 0.3 is 0 Å². The number of hydrogen-bond acceptors (Lipinski definition) is 4. The summed E-state index contributed by atoms with van der Waals surface area (Å²) < 4.78 is 0. The molecular formula is C11H13N3O4. The second kappa shape index (κ2) is 3.94. The molecule has 7 heteroatoms. The molecule has 0 saturated heterocycles. The highest BCUT2D eigenvalue weighted by Crippen LogP contribution is 2.42. The first-order valence-electron chi connectivity index (χ1n) is 5.61. The molecule has 0 bridgehead atoms. The molecule has 1 aromatic carbocycles. The lowest BCUT2D eigenvalue weighted by atomic mass is 9.94. The van der Waals surface area contributed by atoms with Crippen LogP contribution in [0, 0.1) is 20.2 Å². The Hall–Kier alpha value is -2.18. The van der Waals surface area contributed by atoms with Gasteiger partial charge in [-0.15, -0.1) is 0 Å². The van der Waals surface area contributed by atoms with Crippen LogP contribution in [-0.4, -0.2) is 15.5 Å². The number of benzene rings is 1. The van der Waals surface area contributed by atoms with Crippen LogP contribution in [-0.2, 0) is 6.42 Å². The number of nitro benzene ring substituents is 1. The van der Waals surface area contributed by atoms with Gasteiger partial charge in [0.05, 0.1) is 4.92 Å². The predicted octanol–water partition coefficient (Wildman–Crippen LogP) is 2.32. The molecule has 0 radical (unpaired) electrons. The second-order valence-corrected chi connectivity index (χ2v) is 4.65. The van der Waals surface area contributed by atoms with Crippen LogP contribution in [0.3, 0.4) is 0 Å². The highest BCUT2D eigenvalue weighted by molar-refractivity contribution is 5.63. The average molecular weight is 251 g/mol. The number of nitrogens with zero attached hydrogens (tertiary/aromatic N) is 3. The molecule has 0 fully saturated rings. The Bertz CT molecular complexity index is 531. The largest absolute Gasteiger partial charge is 0.271 e. The summed E-state index contributed by atoms with van der Waals surface area (Å²) in [6, 6.07) is 4.27. The van der Waals surface area contributed by atoms with Crippen LogP contribution in [0.15, 0.2) is 18.2 Å². The van der Waals surface area contributed by atoms with Crippen LogP contribution in [0.2, 0.25) is 0 Å². The van der Waals surface area contributed by atoms with Gasteiger partial charge in [-0.1, -0.05) is 11.9 Å². The number of rotatable bonds is 3. The lowest BCUT2D eigenvalue weighted by Crippen LogP contribution is -2.47. The molecule has 0 aromatic heterocycles. The quantitative estimate of drug-likeness (QED) is 0.607. The zero-order valence-electron chi connectivity index (χ0n) is 10.1. The van der Waals surface area contributed by atoms with Crippen molar-refractivity contribution in [1.82, 2.24) is 0 Å². The fraction of sp³-hybridized carbons (Fsp3) is 0.455. The van der Waals surface area contributed by atoms with Crippen LogP contribution >= 0.6 is 0 Å². The average Bonchev–Trinajstić information content (AvgIpc) is 2.60. The Kier molecular flexibility index (Phi) is 2.68. The molecule has 0 N–H and O–H groups in total. The summed E-state index contributed by atoms with van der Waals surface area (Å²) in [6.45, 7) is 3.67. The molecule has 1 atom stereocenters. The van der Waals surface area contributed by atoms with Crippen molar-refractivity contribution in [2.45, 2.75) is 32.2 Å². The summed E-state index contributed by atoms with van der Waals surface area (Å²) in [7, 11) is 0. The minimum atomic E-state index is -0.624. The zero-order chi connectivity index (χ0) is 13.5. The first-order chi connectivity index (χ1) is 8.39. The van der Waals surface area contributed by atoms with Gasteiger partial charge in [0.2, 0.25) is 0 Å². The molecule has 0 aliphatic carbocycles. The number of non-ortho nitro benzene ring substituents is 1. The number of hydrogen-bond donors (Lipinski definition) is 0. The topological polar surface area (TPSA) is 89.5 Å². The van der Waals surface area contributed by atoms with E-state index in [4.69, 9.17) is 0 Å². The van der Waals surface area contributed by atoms with E-state index in [9.17, 15) is 20.2 Å². The molecule has 96 valence electrons. The Morgan fingerprint density at radius 2 is 2.06 bits per heavy atom. The van der Waals surface area contributed by atoms with Gasteiger partial charge in [-0.2, -0.15) is 0 Å². The first-order valence-corrected chi connectivity index (χ1v) is 5.61. The van der Waals surface area contributed by atoms with Crippen molar-refractivity contribution in [3.63, 3.8) is 0 Å². The van der Waals surface area contributed by atoms with E-state index in [1.165, 1.54) is 12.1 Å². The maximum Gasteiger partial charge on any atom is 0.271 e. The van der Waals surface area contributed by atoms with Crippen molar-refractivity contribution >= 4 is 11.4 Å². The summed E-state index contributed by atoms with van der Waals surface area (Å²) in [5, 5.41) is 22.5. The Morgan fingerprint density at radius 1 is 1.39 bits per heavy atom. The maximum atomic E-state index is 11.2. The molecule has 1 aliphatic rings. The molecule has 1 heterocycles. The SMILES string of the molecule is CCC1(C)Cc2ccc([N+](=O)[O-])cc2N1[N+](=O)[O-]. The normalized spacial score (nSPS) is 21.8. The van der Waals surface area contributed by atoms with Crippen molar-refractivity contribution in [2.75, 3.05) is 5.01 Å². The van der Waals surface area contributed by atoms with Gasteiger partial charge in [0.1, 0.15) is 11.2 Å². The van der Waals surface area contributed by atoms with E-state index < -0.39 is 15.5 Å². The lowest BCUT2D eigenvalue weighted by molar-refractivity contribution is -0.505. The third-order valence-corrected chi connectivity index (χ3v) is 3.52. The van der Waals surface area contributed by atoms with E-state index in [-0.39, 0.29) is 5.69 Å². The number of hydrazine groups is 1. The first kappa shape index (κ1) is 12.3. The third kappa shape index (κ3) is 1.68. The Balaban J connectivity index is 2.56. The van der Waals surface area contributed by atoms with E-state index >= 15 is 0 Å². The van der Waals surface area contributed by atoms with Crippen LogP contribution in [0.4, 0.5) is 11.4 Å². The van der Waals surface area contributed by atoms with E-state index in [0.717, 1.165) is 10.6 Å². The third-order valence-electron chi connectivity index (χ3n) is 3.52. The molecule has 1 unspecified atom stereocenters. The number of anilines is 1. The number of fused-ring (bicyclic) bond motifs is 1. The summed E-state index contributed by atoms with van der Waals surface area (Å²) in [5.41, 5.74) is 0.363. The fourth-order valence-electron chi connectivity index (χ4n) is 2.35. The van der Waals surface area contributed by atoms with Crippen LogP contribution < -0.4 is 5.01 Å². The molecule has 2 rings (SSSR count). The van der Waals surface area contributed by atoms with Crippen molar-refractivity contribution < 1.29 is 9.96 Å². The smallest absolute Gasteiger partial charge is 0.258 e. The summed E-state index contributed by atoms with van der Waals surface area (Å²) in [4.78, 5) is 21.4. The second-order valence-electron chi connectivity index (χ2n) is 4.65. The van der Waals surface area contributed by atoms with Crippen molar-refractivity contribution in [3.8, 4) is 0 Å².